The Balaban J connectivity index is 2.43. The highest BCUT2D eigenvalue weighted by molar-refractivity contribution is 5.69. The smallest absolute Gasteiger partial charge is 0.305 e. The second kappa shape index (κ2) is 5.52. The number of aryl methyl sites for hydroxylation is 1. The van der Waals surface area contributed by atoms with Gasteiger partial charge in [-0.1, -0.05) is 0 Å². The van der Waals surface area contributed by atoms with Crippen LogP contribution in [0.25, 0.3) is 0 Å². The van der Waals surface area contributed by atoms with Crippen molar-refractivity contribution in [1.29, 1.82) is 0 Å². The summed E-state index contributed by atoms with van der Waals surface area (Å²) < 4.78 is 14.4. The van der Waals surface area contributed by atoms with Gasteiger partial charge in [-0.05, 0) is 30.7 Å². The fourth-order valence-corrected chi connectivity index (χ4v) is 1.75. The van der Waals surface area contributed by atoms with Gasteiger partial charge in [0.05, 0.1) is 11.0 Å². The van der Waals surface area contributed by atoms with Gasteiger partial charge in [0.2, 0.25) is 6.20 Å². The lowest BCUT2D eigenvalue weighted by Crippen LogP contribution is -2.39. The Morgan fingerprint density at radius 3 is 2.70 bits per heavy atom. The third-order valence-corrected chi connectivity index (χ3v) is 2.78. The Hall–Kier alpha value is -2.70. The Kier molecular flexibility index (Phi) is 3.79. The van der Waals surface area contributed by atoms with Crippen molar-refractivity contribution >= 4 is 17.1 Å². The molecule has 0 aliphatic carbocycles. The van der Waals surface area contributed by atoms with Crippen molar-refractivity contribution in [3.05, 3.63) is 58.2 Å². The summed E-state index contributed by atoms with van der Waals surface area (Å²) in [7, 11) is 1.44. The molecule has 7 heteroatoms. The summed E-state index contributed by atoms with van der Waals surface area (Å²) in [4.78, 5) is 15.5. The van der Waals surface area contributed by atoms with Gasteiger partial charge >= 0.3 is 5.69 Å². The molecule has 0 radical (unpaired) electrons. The van der Waals surface area contributed by atoms with Gasteiger partial charge in [-0.2, -0.15) is 0 Å². The van der Waals surface area contributed by atoms with Crippen LogP contribution in [0.15, 0.2) is 36.7 Å². The first-order valence-electron chi connectivity index (χ1n) is 5.78. The van der Waals surface area contributed by atoms with Crippen molar-refractivity contribution in [2.24, 2.45) is 0 Å². The Morgan fingerprint density at radius 2 is 2.10 bits per heavy atom. The zero-order valence-electron chi connectivity index (χ0n) is 11.0. The SMILES string of the molecule is CO[n+]1ccc([N+](=O)[O-])c(Nc2ccc(F)cc2C)c1. The molecule has 0 aliphatic heterocycles. The zero-order valence-corrected chi connectivity index (χ0v) is 11.0. The topological polar surface area (TPSA) is 68.3 Å². The minimum absolute atomic E-state index is 0.0953. The third-order valence-electron chi connectivity index (χ3n) is 2.78. The monoisotopic (exact) mass is 278 g/mol. The zero-order chi connectivity index (χ0) is 14.7. The number of benzene rings is 1. The summed E-state index contributed by atoms with van der Waals surface area (Å²) in [5, 5.41) is 13.9. The highest BCUT2D eigenvalue weighted by Crippen LogP contribution is 2.27. The van der Waals surface area contributed by atoms with Gasteiger partial charge in [0.1, 0.15) is 12.9 Å². The van der Waals surface area contributed by atoms with Crippen LogP contribution in [0.3, 0.4) is 0 Å². The van der Waals surface area contributed by atoms with E-state index in [9.17, 15) is 14.5 Å². The first kappa shape index (κ1) is 13.7. The van der Waals surface area contributed by atoms with Crippen LogP contribution >= 0.6 is 0 Å². The average Bonchev–Trinajstić information content (AvgIpc) is 2.41. The molecule has 0 spiro atoms. The first-order chi connectivity index (χ1) is 9.51. The highest BCUT2D eigenvalue weighted by Gasteiger charge is 2.20. The molecule has 6 nitrogen and oxygen atoms in total. The quantitative estimate of drug-likeness (QED) is 0.528. The summed E-state index contributed by atoms with van der Waals surface area (Å²) in [5.74, 6) is -0.359. The van der Waals surface area contributed by atoms with E-state index in [1.807, 2.05) is 0 Å². The van der Waals surface area contributed by atoms with Gasteiger partial charge in [-0.3, -0.25) is 15.0 Å². The number of nitrogens with zero attached hydrogens (tertiary/aromatic N) is 2. The van der Waals surface area contributed by atoms with Crippen molar-refractivity contribution < 1.29 is 18.9 Å². The lowest BCUT2D eigenvalue weighted by atomic mass is 10.2. The van der Waals surface area contributed by atoms with Gasteiger partial charge in [0.15, 0.2) is 5.69 Å². The minimum atomic E-state index is -0.499. The van der Waals surface area contributed by atoms with Crippen LogP contribution < -0.4 is 14.9 Å². The molecule has 0 aliphatic rings. The molecule has 0 fully saturated rings. The Bertz CT molecular complexity index is 661. The normalized spacial score (nSPS) is 10.2. The van der Waals surface area contributed by atoms with E-state index in [0.717, 1.165) is 0 Å². The molecule has 1 N–H and O–H groups in total. The first-order valence-corrected chi connectivity index (χ1v) is 5.78. The molecule has 0 amide bonds. The number of hydrogen-bond donors (Lipinski definition) is 1. The number of pyridine rings is 1. The summed E-state index contributed by atoms with van der Waals surface area (Å²) in [6.45, 7) is 1.71. The van der Waals surface area contributed by atoms with Crippen molar-refractivity contribution in [1.82, 2.24) is 0 Å². The van der Waals surface area contributed by atoms with E-state index in [-0.39, 0.29) is 17.2 Å². The van der Waals surface area contributed by atoms with Crippen LogP contribution in [-0.2, 0) is 0 Å². The van der Waals surface area contributed by atoms with Crippen molar-refractivity contribution in [3.63, 3.8) is 0 Å². The molecule has 0 bridgehead atoms. The molecule has 0 saturated carbocycles. The lowest BCUT2D eigenvalue weighted by Gasteiger charge is -2.08. The largest absolute Gasteiger partial charge is 0.345 e. The molecule has 0 atom stereocenters. The van der Waals surface area contributed by atoms with Crippen molar-refractivity contribution in [2.45, 2.75) is 6.92 Å². The van der Waals surface area contributed by atoms with E-state index in [1.165, 1.54) is 48.5 Å². The summed E-state index contributed by atoms with van der Waals surface area (Å²) >= 11 is 0. The maximum absolute atomic E-state index is 13.1. The van der Waals surface area contributed by atoms with Gasteiger partial charge in [0.25, 0.3) is 6.20 Å². The Labute approximate surface area is 114 Å². The predicted molar refractivity (Wildman–Crippen MR) is 70.2 cm³/mol. The van der Waals surface area contributed by atoms with Crippen molar-refractivity contribution in [2.75, 3.05) is 12.4 Å². The predicted octanol–water partition coefficient (Wildman–Crippen LogP) is 2.13. The van der Waals surface area contributed by atoms with Crippen LogP contribution in [0.1, 0.15) is 5.56 Å². The van der Waals surface area contributed by atoms with Crippen LogP contribution in [0, 0.1) is 22.9 Å². The average molecular weight is 278 g/mol. The number of nitro groups is 1. The van der Waals surface area contributed by atoms with Crippen LogP contribution in [0.2, 0.25) is 0 Å². The molecule has 1 aromatic heterocycles. The molecular formula is C13H13FN3O3+. The number of halogens is 1. The Morgan fingerprint density at radius 1 is 1.35 bits per heavy atom. The van der Waals surface area contributed by atoms with E-state index in [2.05, 4.69) is 5.32 Å². The van der Waals surface area contributed by atoms with E-state index < -0.39 is 4.92 Å². The molecule has 1 aromatic carbocycles. The summed E-state index contributed by atoms with van der Waals surface area (Å²) in [6.07, 6.45) is 2.88. The number of nitrogens with one attached hydrogen (secondary N) is 1. The van der Waals surface area contributed by atoms with E-state index in [1.54, 1.807) is 6.92 Å². The lowest BCUT2D eigenvalue weighted by molar-refractivity contribution is -0.885. The van der Waals surface area contributed by atoms with Crippen LogP contribution in [0.4, 0.5) is 21.5 Å². The molecule has 2 rings (SSSR count). The maximum atomic E-state index is 13.1. The standard InChI is InChI=1S/C13H13FN3O3/c1-9-7-10(14)3-4-11(9)15-12-8-16(20-2)6-5-13(12)17(18)19/h3-8,15H,1-2H3/q+1. The molecule has 0 unspecified atom stereocenters. The number of anilines is 2. The van der Waals surface area contributed by atoms with Gasteiger partial charge in [-0.25, -0.2) is 4.39 Å². The summed E-state index contributed by atoms with van der Waals surface area (Å²) in [6, 6.07) is 5.49. The number of aromatic nitrogens is 1. The molecule has 2 aromatic rings. The minimum Gasteiger partial charge on any atom is -0.345 e. The second-order valence-electron chi connectivity index (χ2n) is 4.13. The van der Waals surface area contributed by atoms with Crippen LogP contribution in [0.5, 0.6) is 0 Å². The third kappa shape index (κ3) is 2.82. The molecule has 0 saturated heterocycles. The fraction of sp³-hybridized carbons (Fsp3) is 0.154. The molecule has 1 heterocycles. The summed E-state index contributed by atoms with van der Waals surface area (Å²) in [5.41, 5.74) is 1.39. The van der Waals surface area contributed by atoms with E-state index in [0.29, 0.717) is 11.3 Å². The molecular weight excluding hydrogens is 265 g/mol. The fourth-order valence-electron chi connectivity index (χ4n) is 1.75. The van der Waals surface area contributed by atoms with Gasteiger partial charge in [0, 0.05) is 10.4 Å². The highest BCUT2D eigenvalue weighted by atomic mass is 19.1. The van der Waals surface area contributed by atoms with Gasteiger partial charge in [-0.15, -0.1) is 0 Å². The number of hydrogen-bond acceptors (Lipinski definition) is 4. The van der Waals surface area contributed by atoms with Gasteiger partial charge < -0.3 is 5.32 Å². The maximum Gasteiger partial charge on any atom is 0.305 e. The van der Waals surface area contributed by atoms with E-state index >= 15 is 0 Å². The van der Waals surface area contributed by atoms with Crippen molar-refractivity contribution in [3.8, 4) is 0 Å². The molecule has 104 valence electrons. The second-order valence-corrected chi connectivity index (χ2v) is 4.13. The number of rotatable bonds is 4. The van der Waals surface area contributed by atoms with Crippen LogP contribution in [-0.4, -0.2) is 12.0 Å². The molecule has 20 heavy (non-hydrogen) atoms. The van der Waals surface area contributed by atoms with E-state index in [4.69, 9.17) is 4.84 Å².